The van der Waals surface area contributed by atoms with E-state index in [1.165, 1.54) is 0 Å². The average molecular weight is 148 g/mol. The molecule has 54 valence electrons. The molecule has 1 amide bonds. The van der Waals surface area contributed by atoms with Gasteiger partial charge in [0.2, 0.25) is 5.91 Å². The number of nitrogens with one attached hydrogen (secondary N) is 2. The Morgan fingerprint density at radius 1 is 1.67 bits per heavy atom. The maximum Gasteiger partial charge on any atom is 0.233 e. The molecular weight excluding hydrogens is 136 g/mol. The molecule has 0 aliphatic carbocycles. The molecule has 9 heavy (non-hydrogen) atoms. The van der Waals surface area contributed by atoms with Gasteiger partial charge in [-0.1, -0.05) is 6.92 Å². The van der Waals surface area contributed by atoms with Gasteiger partial charge in [0.25, 0.3) is 0 Å². The molecule has 0 saturated carbocycles. The summed E-state index contributed by atoms with van der Waals surface area (Å²) in [4.78, 5) is 10.5. The molecular formula is C5H12N2OS. The summed E-state index contributed by atoms with van der Waals surface area (Å²) >= 11 is 1.63. The Morgan fingerprint density at radius 2 is 2.33 bits per heavy atom. The first-order chi connectivity index (χ1) is 4.31. The Bertz CT molecular complexity index is 87.0. The molecule has 0 fully saturated rings. The molecule has 0 aromatic carbocycles. The maximum absolute atomic E-state index is 10.5. The van der Waals surface area contributed by atoms with E-state index in [2.05, 4.69) is 10.9 Å². The standard InChI is InChI=1S/C5H12N2OS/c1-3-5(8)7-6-4-9-2/h6H,3-4H2,1-2H3,(H,7,8). The van der Waals surface area contributed by atoms with Crippen LogP contribution in [0.1, 0.15) is 13.3 Å². The SMILES string of the molecule is CCC(=O)NNCSC. The van der Waals surface area contributed by atoms with Crippen molar-refractivity contribution in [3.05, 3.63) is 0 Å². The van der Waals surface area contributed by atoms with E-state index in [0.717, 1.165) is 5.88 Å². The maximum atomic E-state index is 10.5. The quantitative estimate of drug-likeness (QED) is 0.343. The van der Waals surface area contributed by atoms with Gasteiger partial charge in [0.1, 0.15) is 0 Å². The summed E-state index contributed by atoms with van der Waals surface area (Å²) in [5.74, 6) is 0.787. The van der Waals surface area contributed by atoms with Gasteiger partial charge in [-0.15, -0.1) is 11.8 Å². The van der Waals surface area contributed by atoms with Gasteiger partial charge in [0.05, 0.1) is 5.88 Å². The van der Waals surface area contributed by atoms with Crippen molar-refractivity contribution in [1.82, 2.24) is 10.9 Å². The topological polar surface area (TPSA) is 41.1 Å². The first-order valence-corrected chi connectivity index (χ1v) is 4.21. The van der Waals surface area contributed by atoms with E-state index in [1.807, 2.05) is 13.2 Å². The van der Waals surface area contributed by atoms with Gasteiger partial charge in [0, 0.05) is 6.42 Å². The third-order valence-corrected chi connectivity index (χ3v) is 1.20. The number of hydrazine groups is 1. The van der Waals surface area contributed by atoms with Crippen molar-refractivity contribution in [3.8, 4) is 0 Å². The van der Waals surface area contributed by atoms with Crippen LogP contribution in [0.25, 0.3) is 0 Å². The van der Waals surface area contributed by atoms with Crippen molar-refractivity contribution in [2.75, 3.05) is 12.1 Å². The summed E-state index contributed by atoms with van der Waals surface area (Å²) < 4.78 is 0. The summed E-state index contributed by atoms with van der Waals surface area (Å²) in [6.07, 6.45) is 2.49. The van der Waals surface area contributed by atoms with E-state index >= 15 is 0 Å². The van der Waals surface area contributed by atoms with Crippen molar-refractivity contribution in [1.29, 1.82) is 0 Å². The zero-order valence-electron chi connectivity index (χ0n) is 5.73. The molecule has 0 aromatic rings. The first kappa shape index (κ1) is 8.78. The molecule has 0 radical (unpaired) electrons. The molecule has 0 aliphatic heterocycles. The normalized spacial score (nSPS) is 9.11. The molecule has 0 rings (SSSR count). The summed E-state index contributed by atoms with van der Waals surface area (Å²) in [5, 5.41) is 0. The minimum atomic E-state index is 0.0315. The molecule has 3 nitrogen and oxygen atoms in total. The lowest BCUT2D eigenvalue weighted by atomic mass is 10.5. The summed E-state index contributed by atoms with van der Waals surface area (Å²) in [6, 6.07) is 0. The fraction of sp³-hybridized carbons (Fsp3) is 0.800. The van der Waals surface area contributed by atoms with E-state index in [-0.39, 0.29) is 5.91 Å². The van der Waals surface area contributed by atoms with Gasteiger partial charge in [0.15, 0.2) is 0 Å². The summed E-state index contributed by atoms with van der Waals surface area (Å²) in [5.41, 5.74) is 5.27. The smallest absolute Gasteiger partial charge is 0.233 e. The van der Waals surface area contributed by atoms with Crippen LogP contribution in [0.2, 0.25) is 0 Å². The monoisotopic (exact) mass is 148 g/mol. The van der Waals surface area contributed by atoms with Crippen LogP contribution in [0, 0.1) is 0 Å². The van der Waals surface area contributed by atoms with Crippen LogP contribution in [0.4, 0.5) is 0 Å². The second-order valence-corrected chi connectivity index (χ2v) is 2.38. The van der Waals surface area contributed by atoms with Crippen molar-refractivity contribution in [3.63, 3.8) is 0 Å². The van der Waals surface area contributed by atoms with E-state index in [4.69, 9.17) is 0 Å². The van der Waals surface area contributed by atoms with Gasteiger partial charge >= 0.3 is 0 Å². The summed E-state index contributed by atoms with van der Waals surface area (Å²) in [7, 11) is 0. The van der Waals surface area contributed by atoms with E-state index in [1.54, 1.807) is 11.8 Å². The number of rotatable bonds is 4. The molecule has 2 N–H and O–H groups in total. The summed E-state index contributed by atoms with van der Waals surface area (Å²) in [6.45, 7) is 1.82. The highest BCUT2D eigenvalue weighted by molar-refractivity contribution is 7.98. The average Bonchev–Trinajstić information content (AvgIpc) is 1.89. The third-order valence-electron chi connectivity index (χ3n) is 0.765. The lowest BCUT2D eigenvalue weighted by Crippen LogP contribution is -2.36. The number of amides is 1. The van der Waals surface area contributed by atoms with Gasteiger partial charge in [-0.25, -0.2) is 5.43 Å². The van der Waals surface area contributed by atoms with Crippen molar-refractivity contribution < 1.29 is 4.79 Å². The Kier molecular flexibility index (Phi) is 5.76. The fourth-order valence-corrected chi connectivity index (χ4v) is 0.512. The van der Waals surface area contributed by atoms with E-state index in [9.17, 15) is 4.79 Å². The lowest BCUT2D eigenvalue weighted by Gasteiger charge is -2.01. The molecule has 4 heteroatoms. The van der Waals surface area contributed by atoms with Crippen LogP contribution in [-0.2, 0) is 4.79 Å². The van der Waals surface area contributed by atoms with Crippen molar-refractivity contribution >= 4 is 17.7 Å². The molecule has 0 unspecified atom stereocenters. The van der Waals surface area contributed by atoms with Gasteiger partial charge in [-0.3, -0.25) is 10.2 Å². The molecule has 0 aromatic heterocycles. The number of carbonyl (C=O) groups excluding carboxylic acids is 1. The zero-order valence-corrected chi connectivity index (χ0v) is 6.55. The molecule has 0 bridgehead atoms. The van der Waals surface area contributed by atoms with E-state index in [0.29, 0.717) is 6.42 Å². The van der Waals surface area contributed by atoms with Crippen LogP contribution in [0.3, 0.4) is 0 Å². The van der Waals surface area contributed by atoms with Crippen LogP contribution in [0.15, 0.2) is 0 Å². The number of carbonyl (C=O) groups is 1. The van der Waals surface area contributed by atoms with Crippen molar-refractivity contribution in [2.45, 2.75) is 13.3 Å². The second kappa shape index (κ2) is 5.91. The number of thioether (sulfide) groups is 1. The predicted molar refractivity (Wildman–Crippen MR) is 40.0 cm³/mol. The zero-order chi connectivity index (χ0) is 7.11. The second-order valence-electron chi connectivity index (χ2n) is 1.51. The minimum absolute atomic E-state index is 0.0315. The Morgan fingerprint density at radius 3 is 2.78 bits per heavy atom. The highest BCUT2D eigenvalue weighted by Gasteiger charge is 1.91. The van der Waals surface area contributed by atoms with Gasteiger partial charge in [-0.05, 0) is 6.26 Å². The Hall–Kier alpha value is -0.220. The fourth-order valence-electron chi connectivity index (χ4n) is 0.295. The number of hydrogen-bond acceptors (Lipinski definition) is 3. The lowest BCUT2D eigenvalue weighted by molar-refractivity contribution is -0.121. The van der Waals surface area contributed by atoms with Crippen LogP contribution >= 0.6 is 11.8 Å². The molecule has 0 atom stereocenters. The highest BCUT2D eigenvalue weighted by atomic mass is 32.2. The first-order valence-electron chi connectivity index (χ1n) is 2.82. The molecule has 0 spiro atoms. The van der Waals surface area contributed by atoms with Gasteiger partial charge < -0.3 is 0 Å². The largest absolute Gasteiger partial charge is 0.291 e. The van der Waals surface area contributed by atoms with Crippen LogP contribution in [0.5, 0.6) is 0 Å². The van der Waals surface area contributed by atoms with Gasteiger partial charge in [-0.2, -0.15) is 0 Å². The molecule has 0 saturated heterocycles. The molecule has 0 heterocycles. The predicted octanol–water partition coefficient (Wildman–Crippen LogP) is 0.338. The van der Waals surface area contributed by atoms with E-state index < -0.39 is 0 Å². The van der Waals surface area contributed by atoms with Crippen LogP contribution in [-0.4, -0.2) is 18.0 Å². The number of hydrogen-bond donors (Lipinski definition) is 2. The minimum Gasteiger partial charge on any atom is -0.291 e. The van der Waals surface area contributed by atoms with Crippen molar-refractivity contribution in [2.24, 2.45) is 0 Å². The highest BCUT2D eigenvalue weighted by Crippen LogP contribution is 1.82. The Labute approximate surface area is 59.6 Å². The molecule has 0 aliphatic rings. The third kappa shape index (κ3) is 5.65. The van der Waals surface area contributed by atoms with Crippen LogP contribution < -0.4 is 10.9 Å². The Balaban J connectivity index is 2.97.